The monoisotopic (exact) mass is 346 g/mol. The van der Waals surface area contributed by atoms with Crippen molar-refractivity contribution in [1.29, 1.82) is 0 Å². The van der Waals surface area contributed by atoms with E-state index >= 15 is 0 Å². The molecule has 1 aliphatic rings. The van der Waals surface area contributed by atoms with Gasteiger partial charge in [-0.25, -0.2) is 0 Å². The third-order valence-electron chi connectivity index (χ3n) is 3.17. The summed E-state index contributed by atoms with van der Waals surface area (Å²) in [6.45, 7) is 0. The van der Waals surface area contributed by atoms with Gasteiger partial charge in [-0.15, -0.1) is 0 Å². The van der Waals surface area contributed by atoms with Crippen LogP contribution in [0.1, 0.15) is 21.5 Å². The molecule has 0 fully saturated rings. The summed E-state index contributed by atoms with van der Waals surface area (Å²) in [5.41, 5.74) is 4.00. The maximum Gasteiger partial charge on any atom is 0.189 e. The molecule has 1 aliphatic carbocycles. The van der Waals surface area contributed by atoms with Gasteiger partial charge in [-0.1, -0.05) is 42.5 Å². The summed E-state index contributed by atoms with van der Waals surface area (Å²) in [7, 11) is 0. The normalized spacial score (nSPS) is 16.1. The minimum atomic E-state index is 0.172. The Morgan fingerprint density at radius 3 is 2.50 bits per heavy atom. The Kier molecular flexibility index (Phi) is 3.04. The van der Waals surface area contributed by atoms with Gasteiger partial charge in [-0.05, 0) is 45.9 Å². The van der Waals surface area contributed by atoms with E-state index in [-0.39, 0.29) is 5.78 Å². The molecule has 2 aromatic carbocycles. The maximum atomic E-state index is 12.2. The SMILES string of the molecule is O=C1/C(=C/c2ccccc2I)Cc2ccccc21. The predicted molar refractivity (Wildman–Crippen MR) is 81.6 cm³/mol. The number of Topliss-reactive ketones (excluding diaryl/α,β-unsaturated/α-hetero) is 1. The van der Waals surface area contributed by atoms with Gasteiger partial charge < -0.3 is 0 Å². The molecule has 0 radical (unpaired) electrons. The average Bonchev–Trinajstić information content (AvgIpc) is 2.70. The Labute approximate surface area is 120 Å². The molecule has 0 N–H and O–H groups in total. The number of benzene rings is 2. The molecule has 0 heterocycles. The zero-order valence-corrected chi connectivity index (χ0v) is 11.8. The van der Waals surface area contributed by atoms with Crippen LogP contribution < -0.4 is 0 Å². The predicted octanol–water partition coefficient (Wildman–Crippen LogP) is 4.11. The van der Waals surface area contributed by atoms with Gasteiger partial charge in [0.05, 0.1) is 0 Å². The number of rotatable bonds is 1. The molecule has 3 rings (SSSR count). The van der Waals surface area contributed by atoms with Crippen LogP contribution in [0.5, 0.6) is 0 Å². The lowest BCUT2D eigenvalue weighted by Crippen LogP contribution is -1.95. The van der Waals surface area contributed by atoms with Gasteiger partial charge in [-0.3, -0.25) is 4.79 Å². The number of ketones is 1. The Morgan fingerprint density at radius 2 is 1.72 bits per heavy atom. The van der Waals surface area contributed by atoms with E-state index in [4.69, 9.17) is 0 Å². The smallest absolute Gasteiger partial charge is 0.189 e. The molecule has 0 spiro atoms. The molecule has 2 heteroatoms. The third kappa shape index (κ3) is 2.01. The van der Waals surface area contributed by atoms with Crippen LogP contribution in [0, 0.1) is 3.57 Å². The first-order chi connectivity index (χ1) is 8.75. The average molecular weight is 346 g/mol. The van der Waals surface area contributed by atoms with Crippen molar-refractivity contribution in [1.82, 2.24) is 0 Å². The molecule has 1 nitrogen and oxygen atoms in total. The number of carbonyl (C=O) groups excluding carboxylic acids is 1. The molecule has 0 amide bonds. The summed E-state index contributed by atoms with van der Waals surface area (Å²) >= 11 is 2.30. The zero-order chi connectivity index (χ0) is 12.5. The van der Waals surface area contributed by atoms with Crippen LogP contribution >= 0.6 is 22.6 Å². The maximum absolute atomic E-state index is 12.2. The first kappa shape index (κ1) is 11.7. The summed E-state index contributed by atoms with van der Waals surface area (Å²) in [5.74, 6) is 0.172. The van der Waals surface area contributed by atoms with Gasteiger partial charge in [0.2, 0.25) is 0 Å². The van der Waals surface area contributed by atoms with E-state index in [1.54, 1.807) is 0 Å². The van der Waals surface area contributed by atoms with E-state index in [2.05, 4.69) is 28.7 Å². The molecule has 0 bridgehead atoms. The van der Waals surface area contributed by atoms with E-state index < -0.39 is 0 Å². The highest BCUT2D eigenvalue weighted by Crippen LogP contribution is 2.28. The Balaban J connectivity index is 2.02. The van der Waals surface area contributed by atoms with Gasteiger partial charge in [0.25, 0.3) is 0 Å². The Bertz CT molecular complexity index is 656. The highest BCUT2D eigenvalue weighted by molar-refractivity contribution is 14.1. The summed E-state index contributed by atoms with van der Waals surface area (Å²) in [5, 5.41) is 0. The molecule has 0 aliphatic heterocycles. The fraction of sp³-hybridized carbons (Fsp3) is 0.0625. The number of carbonyl (C=O) groups is 1. The summed E-state index contributed by atoms with van der Waals surface area (Å²) in [6, 6.07) is 16.0. The lowest BCUT2D eigenvalue weighted by molar-refractivity contribution is 0.104. The largest absolute Gasteiger partial charge is 0.289 e. The van der Waals surface area contributed by atoms with Crippen LogP contribution in [0.25, 0.3) is 6.08 Å². The molecule has 0 unspecified atom stereocenters. The quantitative estimate of drug-likeness (QED) is 0.561. The molecular formula is C16H11IO. The second-order valence-electron chi connectivity index (χ2n) is 4.35. The molecule has 2 aromatic rings. The van der Waals surface area contributed by atoms with Crippen LogP contribution in [0.15, 0.2) is 54.1 Å². The Hall–Kier alpha value is -1.42. The molecule has 0 aromatic heterocycles. The molecule has 0 saturated carbocycles. The summed E-state index contributed by atoms with van der Waals surface area (Å²) < 4.78 is 1.17. The minimum Gasteiger partial charge on any atom is -0.289 e. The van der Waals surface area contributed by atoms with Crippen LogP contribution in [0.3, 0.4) is 0 Å². The second kappa shape index (κ2) is 4.69. The van der Waals surface area contributed by atoms with Gasteiger partial charge in [0.1, 0.15) is 0 Å². The standard InChI is InChI=1S/C16H11IO/c17-15-8-4-2-6-12(15)10-13-9-11-5-1-3-7-14(11)16(13)18/h1-8,10H,9H2/b13-10+. The second-order valence-corrected chi connectivity index (χ2v) is 5.52. The first-order valence-corrected chi connectivity index (χ1v) is 6.91. The lowest BCUT2D eigenvalue weighted by atomic mass is 10.1. The molecule has 18 heavy (non-hydrogen) atoms. The highest BCUT2D eigenvalue weighted by atomic mass is 127. The van der Waals surface area contributed by atoms with Crippen molar-refractivity contribution in [3.05, 3.63) is 74.4 Å². The Morgan fingerprint density at radius 1 is 1.00 bits per heavy atom. The van der Waals surface area contributed by atoms with E-state index in [1.807, 2.05) is 48.5 Å². The minimum absolute atomic E-state index is 0.172. The number of halogens is 1. The summed E-state index contributed by atoms with van der Waals surface area (Å²) in [4.78, 5) is 12.2. The number of hydrogen-bond acceptors (Lipinski definition) is 1. The van der Waals surface area contributed by atoms with Crippen LogP contribution in [-0.2, 0) is 6.42 Å². The molecule has 0 atom stereocenters. The van der Waals surface area contributed by atoms with Crippen molar-refractivity contribution >= 4 is 34.5 Å². The van der Waals surface area contributed by atoms with Gasteiger partial charge in [0, 0.05) is 21.1 Å². The zero-order valence-electron chi connectivity index (χ0n) is 9.69. The van der Waals surface area contributed by atoms with Gasteiger partial charge >= 0.3 is 0 Å². The third-order valence-corrected chi connectivity index (χ3v) is 4.15. The van der Waals surface area contributed by atoms with Crippen LogP contribution in [-0.4, -0.2) is 5.78 Å². The van der Waals surface area contributed by atoms with Crippen molar-refractivity contribution in [2.24, 2.45) is 0 Å². The van der Waals surface area contributed by atoms with Crippen LogP contribution in [0.2, 0.25) is 0 Å². The lowest BCUT2D eigenvalue weighted by Gasteiger charge is -1.99. The van der Waals surface area contributed by atoms with E-state index in [9.17, 15) is 4.79 Å². The molecular weight excluding hydrogens is 335 g/mol. The number of hydrogen-bond donors (Lipinski definition) is 0. The number of fused-ring (bicyclic) bond motifs is 1. The van der Waals surface area contributed by atoms with E-state index in [1.165, 1.54) is 3.57 Å². The summed E-state index contributed by atoms with van der Waals surface area (Å²) in [6.07, 6.45) is 2.77. The van der Waals surface area contributed by atoms with Crippen molar-refractivity contribution in [3.8, 4) is 0 Å². The highest BCUT2D eigenvalue weighted by Gasteiger charge is 2.23. The fourth-order valence-electron chi connectivity index (χ4n) is 2.25. The molecule has 88 valence electrons. The topological polar surface area (TPSA) is 17.1 Å². The number of allylic oxidation sites excluding steroid dienone is 1. The fourth-order valence-corrected chi connectivity index (χ4v) is 2.79. The molecule has 0 saturated heterocycles. The van der Waals surface area contributed by atoms with Crippen molar-refractivity contribution in [2.75, 3.05) is 0 Å². The van der Waals surface area contributed by atoms with E-state index in [0.717, 1.165) is 28.7 Å². The van der Waals surface area contributed by atoms with Crippen LogP contribution in [0.4, 0.5) is 0 Å². The first-order valence-electron chi connectivity index (χ1n) is 5.83. The van der Waals surface area contributed by atoms with Crippen molar-refractivity contribution < 1.29 is 4.79 Å². The van der Waals surface area contributed by atoms with Crippen molar-refractivity contribution in [2.45, 2.75) is 6.42 Å². The van der Waals surface area contributed by atoms with Crippen molar-refractivity contribution in [3.63, 3.8) is 0 Å². The van der Waals surface area contributed by atoms with Gasteiger partial charge in [-0.2, -0.15) is 0 Å². The van der Waals surface area contributed by atoms with E-state index in [0.29, 0.717) is 0 Å². The van der Waals surface area contributed by atoms with Gasteiger partial charge in [0.15, 0.2) is 5.78 Å².